The molecule has 3 nitrogen and oxygen atoms in total. The SMILES string of the molecule is CCC(=O)c1ccc(OC)c(C)n1. The Labute approximate surface area is 77.8 Å². The smallest absolute Gasteiger partial charge is 0.180 e. The van der Waals surface area contributed by atoms with Gasteiger partial charge in [0.2, 0.25) is 0 Å². The number of aromatic nitrogens is 1. The van der Waals surface area contributed by atoms with E-state index in [2.05, 4.69) is 4.98 Å². The molecule has 0 aliphatic rings. The Balaban J connectivity index is 3.02. The first kappa shape index (κ1) is 9.71. The zero-order chi connectivity index (χ0) is 9.84. The number of ether oxygens (including phenoxy) is 1. The average molecular weight is 179 g/mol. The lowest BCUT2D eigenvalue weighted by molar-refractivity contribution is 0.0983. The summed E-state index contributed by atoms with van der Waals surface area (Å²) in [6.07, 6.45) is 0.485. The Morgan fingerprint density at radius 1 is 1.54 bits per heavy atom. The van der Waals surface area contributed by atoms with Gasteiger partial charge in [-0.3, -0.25) is 4.79 Å². The van der Waals surface area contributed by atoms with E-state index in [9.17, 15) is 4.79 Å². The molecule has 0 aromatic carbocycles. The molecule has 0 fully saturated rings. The zero-order valence-corrected chi connectivity index (χ0v) is 8.13. The number of nitrogens with zero attached hydrogens (tertiary/aromatic N) is 1. The number of hydrogen-bond acceptors (Lipinski definition) is 3. The summed E-state index contributed by atoms with van der Waals surface area (Å²) in [5, 5.41) is 0. The van der Waals surface area contributed by atoms with E-state index in [-0.39, 0.29) is 5.78 Å². The molecule has 13 heavy (non-hydrogen) atoms. The van der Waals surface area contributed by atoms with Crippen LogP contribution in [0.1, 0.15) is 29.5 Å². The van der Waals surface area contributed by atoms with Crippen LogP contribution in [0.25, 0.3) is 0 Å². The molecule has 0 atom stereocenters. The van der Waals surface area contributed by atoms with Gasteiger partial charge in [0.05, 0.1) is 12.8 Å². The summed E-state index contributed by atoms with van der Waals surface area (Å²) in [5.74, 6) is 0.776. The van der Waals surface area contributed by atoms with Crippen molar-refractivity contribution >= 4 is 5.78 Å². The molecule has 3 heteroatoms. The summed E-state index contributed by atoms with van der Waals surface area (Å²) in [6.45, 7) is 3.65. The molecule has 1 heterocycles. The van der Waals surface area contributed by atoms with Crippen molar-refractivity contribution in [2.45, 2.75) is 20.3 Å². The number of carbonyl (C=O) groups is 1. The number of aryl methyl sites for hydroxylation is 1. The van der Waals surface area contributed by atoms with Crippen molar-refractivity contribution < 1.29 is 9.53 Å². The van der Waals surface area contributed by atoms with Gasteiger partial charge in [-0.25, -0.2) is 4.98 Å². The van der Waals surface area contributed by atoms with Gasteiger partial charge in [0, 0.05) is 6.42 Å². The van der Waals surface area contributed by atoms with Crippen molar-refractivity contribution in [2.24, 2.45) is 0 Å². The van der Waals surface area contributed by atoms with E-state index in [1.54, 1.807) is 19.2 Å². The fourth-order valence-corrected chi connectivity index (χ4v) is 1.10. The number of carbonyl (C=O) groups excluding carboxylic acids is 1. The predicted octanol–water partition coefficient (Wildman–Crippen LogP) is 1.99. The quantitative estimate of drug-likeness (QED) is 0.666. The van der Waals surface area contributed by atoms with Crippen LogP contribution in [0, 0.1) is 6.92 Å². The van der Waals surface area contributed by atoms with Crippen molar-refractivity contribution in [3.63, 3.8) is 0 Å². The van der Waals surface area contributed by atoms with Crippen LogP contribution in [-0.4, -0.2) is 17.9 Å². The molecule has 0 aliphatic carbocycles. The second-order valence-corrected chi connectivity index (χ2v) is 2.76. The van der Waals surface area contributed by atoms with Gasteiger partial charge in [-0.1, -0.05) is 6.92 Å². The second kappa shape index (κ2) is 4.03. The van der Waals surface area contributed by atoms with Crippen molar-refractivity contribution in [3.8, 4) is 5.75 Å². The highest BCUT2D eigenvalue weighted by atomic mass is 16.5. The first-order valence-electron chi connectivity index (χ1n) is 4.24. The fourth-order valence-electron chi connectivity index (χ4n) is 1.10. The van der Waals surface area contributed by atoms with Crippen LogP contribution in [0.3, 0.4) is 0 Å². The van der Waals surface area contributed by atoms with Crippen LogP contribution in [0.2, 0.25) is 0 Å². The lowest BCUT2D eigenvalue weighted by atomic mass is 10.2. The maximum atomic E-state index is 11.3. The number of methoxy groups -OCH3 is 1. The summed E-state index contributed by atoms with van der Waals surface area (Å²) in [4.78, 5) is 15.4. The lowest BCUT2D eigenvalue weighted by Crippen LogP contribution is -2.02. The van der Waals surface area contributed by atoms with E-state index >= 15 is 0 Å². The summed E-state index contributed by atoms with van der Waals surface area (Å²) >= 11 is 0. The van der Waals surface area contributed by atoms with Crippen LogP contribution in [0.5, 0.6) is 5.75 Å². The number of rotatable bonds is 3. The standard InChI is InChI=1S/C10H13NO2/c1-4-9(12)8-5-6-10(13-3)7(2)11-8/h5-6H,4H2,1-3H3. The Morgan fingerprint density at radius 2 is 2.23 bits per heavy atom. The minimum absolute atomic E-state index is 0.0609. The minimum Gasteiger partial charge on any atom is -0.495 e. The number of hydrogen-bond donors (Lipinski definition) is 0. The third kappa shape index (κ3) is 2.05. The van der Waals surface area contributed by atoms with Crippen molar-refractivity contribution in [1.29, 1.82) is 0 Å². The van der Waals surface area contributed by atoms with Crippen molar-refractivity contribution in [1.82, 2.24) is 4.98 Å². The maximum absolute atomic E-state index is 11.3. The predicted molar refractivity (Wildman–Crippen MR) is 50.1 cm³/mol. The van der Waals surface area contributed by atoms with Gasteiger partial charge in [0.15, 0.2) is 5.78 Å². The zero-order valence-electron chi connectivity index (χ0n) is 8.13. The van der Waals surface area contributed by atoms with Gasteiger partial charge in [0.1, 0.15) is 11.4 Å². The van der Waals surface area contributed by atoms with Gasteiger partial charge in [-0.2, -0.15) is 0 Å². The highest BCUT2D eigenvalue weighted by Crippen LogP contribution is 2.15. The molecule has 0 unspecified atom stereocenters. The monoisotopic (exact) mass is 179 g/mol. The molecule has 0 radical (unpaired) electrons. The average Bonchev–Trinajstić information content (AvgIpc) is 2.16. The largest absolute Gasteiger partial charge is 0.495 e. The first-order chi connectivity index (χ1) is 6.19. The molecule has 0 spiro atoms. The van der Waals surface area contributed by atoms with E-state index in [0.717, 1.165) is 5.69 Å². The van der Waals surface area contributed by atoms with E-state index < -0.39 is 0 Å². The normalized spacial score (nSPS) is 9.77. The number of pyridine rings is 1. The molecule has 0 N–H and O–H groups in total. The third-order valence-corrected chi connectivity index (χ3v) is 1.86. The van der Waals surface area contributed by atoms with E-state index in [0.29, 0.717) is 17.9 Å². The highest BCUT2D eigenvalue weighted by molar-refractivity contribution is 5.94. The molecule has 70 valence electrons. The number of ketones is 1. The lowest BCUT2D eigenvalue weighted by Gasteiger charge is -2.04. The summed E-state index contributed by atoms with van der Waals surface area (Å²) < 4.78 is 5.04. The molecule has 1 aromatic heterocycles. The maximum Gasteiger partial charge on any atom is 0.180 e. The second-order valence-electron chi connectivity index (χ2n) is 2.76. The van der Waals surface area contributed by atoms with E-state index in [1.807, 2.05) is 13.8 Å². The molecule has 1 aromatic rings. The first-order valence-corrected chi connectivity index (χ1v) is 4.24. The Hall–Kier alpha value is -1.38. The molecule has 0 aliphatic heterocycles. The minimum atomic E-state index is 0.0609. The molecular formula is C10H13NO2. The fraction of sp³-hybridized carbons (Fsp3) is 0.400. The van der Waals surface area contributed by atoms with E-state index in [4.69, 9.17) is 4.74 Å². The molecule has 0 saturated carbocycles. The van der Waals surface area contributed by atoms with Crippen LogP contribution in [0.15, 0.2) is 12.1 Å². The third-order valence-electron chi connectivity index (χ3n) is 1.86. The van der Waals surface area contributed by atoms with Gasteiger partial charge >= 0.3 is 0 Å². The van der Waals surface area contributed by atoms with Crippen molar-refractivity contribution in [2.75, 3.05) is 7.11 Å². The molecule has 0 bridgehead atoms. The summed E-state index contributed by atoms with van der Waals surface area (Å²) in [7, 11) is 1.59. The molecule has 0 amide bonds. The number of Topliss-reactive ketones (excluding diaryl/α,β-unsaturated/α-hetero) is 1. The Bertz CT molecular complexity index is 321. The van der Waals surface area contributed by atoms with Crippen LogP contribution in [-0.2, 0) is 0 Å². The molecular weight excluding hydrogens is 166 g/mol. The topological polar surface area (TPSA) is 39.2 Å². The summed E-state index contributed by atoms with van der Waals surface area (Å²) in [6, 6.07) is 3.46. The van der Waals surface area contributed by atoms with Gasteiger partial charge in [-0.15, -0.1) is 0 Å². The molecule has 0 saturated heterocycles. The molecule has 1 rings (SSSR count). The van der Waals surface area contributed by atoms with Crippen LogP contribution in [0.4, 0.5) is 0 Å². The highest BCUT2D eigenvalue weighted by Gasteiger charge is 2.06. The Morgan fingerprint density at radius 3 is 2.69 bits per heavy atom. The summed E-state index contributed by atoms with van der Waals surface area (Å²) in [5.41, 5.74) is 1.27. The van der Waals surface area contributed by atoms with Gasteiger partial charge < -0.3 is 4.74 Å². The Kier molecular flexibility index (Phi) is 3.01. The van der Waals surface area contributed by atoms with E-state index in [1.165, 1.54) is 0 Å². The van der Waals surface area contributed by atoms with Crippen LogP contribution >= 0.6 is 0 Å². The van der Waals surface area contributed by atoms with Crippen LogP contribution < -0.4 is 4.74 Å². The van der Waals surface area contributed by atoms with Crippen molar-refractivity contribution in [3.05, 3.63) is 23.5 Å². The van der Waals surface area contributed by atoms with Gasteiger partial charge in [0.25, 0.3) is 0 Å². The van der Waals surface area contributed by atoms with Gasteiger partial charge in [-0.05, 0) is 19.1 Å².